The molecule has 0 bridgehead atoms. The Morgan fingerprint density at radius 2 is 1.97 bits per heavy atom. The monoisotopic (exact) mass is 521 g/mol. The highest BCUT2D eigenvalue weighted by atomic mass is 32.2. The van der Waals surface area contributed by atoms with Crippen molar-refractivity contribution in [3.05, 3.63) is 35.2 Å². The van der Waals surface area contributed by atoms with Crippen LogP contribution in [0.1, 0.15) is 48.5 Å². The highest BCUT2D eigenvalue weighted by Crippen LogP contribution is 2.38. The van der Waals surface area contributed by atoms with E-state index in [1.54, 1.807) is 0 Å². The van der Waals surface area contributed by atoms with E-state index in [2.05, 4.69) is 15.4 Å². The van der Waals surface area contributed by atoms with Crippen LogP contribution in [-0.2, 0) is 19.4 Å². The highest BCUT2D eigenvalue weighted by Gasteiger charge is 2.39. The molecule has 3 heterocycles. The second-order valence-electron chi connectivity index (χ2n) is 8.87. The zero-order valence-corrected chi connectivity index (χ0v) is 20.3. The second-order valence-corrected chi connectivity index (χ2v) is 12.0. The molecule has 1 atom stereocenters. The first-order chi connectivity index (χ1) is 16.7. The van der Waals surface area contributed by atoms with Crippen LogP contribution in [-0.4, -0.2) is 53.5 Å². The SMILES string of the molecule is NC(=O)c1cc(S(=O)(=O)C2CC2)c2cnn([C@@H](CC3CCOCC3)C(=O)Nc3ncc(F)s3)c2c1. The summed E-state index contributed by atoms with van der Waals surface area (Å²) in [4.78, 5) is 29.3. The number of nitrogens with one attached hydrogen (secondary N) is 1. The molecule has 1 aliphatic heterocycles. The maximum absolute atomic E-state index is 13.5. The number of sulfone groups is 1. The Morgan fingerprint density at radius 3 is 2.60 bits per heavy atom. The fourth-order valence-electron chi connectivity index (χ4n) is 4.41. The Labute approximate surface area is 204 Å². The van der Waals surface area contributed by atoms with Gasteiger partial charge in [0.25, 0.3) is 5.91 Å². The Bertz CT molecular complexity index is 1390. The van der Waals surface area contributed by atoms with Gasteiger partial charge in [-0.05, 0) is 50.2 Å². The summed E-state index contributed by atoms with van der Waals surface area (Å²) >= 11 is 0.703. The van der Waals surface area contributed by atoms with Gasteiger partial charge >= 0.3 is 0 Å². The lowest BCUT2D eigenvalue weighted by Crippen LogP contribution is -2.30. The molecule has 0 radical (unpaired) electrons. The summed E-state index contributed by atoms with van der Waals surface area (Å²) in [6, 6.07) is 1.89. The van der Waals surface area contributed by atoms with E-state index < -0.39 is 38.1 Å². The van der Waals surface area contributed by atoms with Crippen LogP contribution in [0.25, 0.3) is 10.9 Å². The lowest BCUT2D eigenvalue weighted by Gasteiger charge is -2.26. The van der Waals surface area contributed by atoms with Crippen molar-refractivity contribution in [2.75, 3.05) is 18.5 Å². The molecule has 1 saturated heterocycles. The fourth-order valence-corrected chi connectivity index (χ4v) is 6.83. The molecule has 3 aromatic rings. The quantitative estimate of drug-likeness (QED) is 0.463. The Morgan fingerprint density at radius 1 is 1.23 bits per heavy atom. The third-order valence-corrected chi connectivity index (χ3v) is 9.44. The van der Waals surface area contributed by atoms with Crippen molar-refractivity contribution in [1.29, 1.82) is 0 Å². The van der Waals surface area contributed by atoms with Crippen molar-refractivity contribution in [3.63, 3.8) is 0 Å². The minimum absolute atomic E-state index is 0.00947. The minimum Gasteiger partial charge on any atom is -0.381 e. The first kappa shape index (κ1) is 23.8. The van der Waals surface area contributed by atoms with Gasteiger partial charge in [-0.1, -0.05) is 11.3 Å². The van der Waals surface area contributed by atoms with Crippen molar-refractivity contribution in [2.45, 2.75) is 48.3 Å². The molecule has 1 saturated carbocycles. The smallest absolute Gasteiger partial charge is 0.251 e. The summed E-state index contributed by atoms with van der Waals surface area (Å²) in [5, 5.41) is 6.44. The van der Waals surface area contributed by atoms with E-state index in [9.17, 15) is 22.4 Å². The third-order valence-electron chi connectivity index (χ3n) is 6.44. The fraction of sp³-hybridized carbons (Fsp3) is 0.455. The molecule has 13 heteroatoms. The van der Waals surface area contributed by atoms with E-state index >= 15 is 0 Å². The minimum atomic E-state index is -3.68. The predicted octanol–water partition coefficient (Wildman–Crippen LogP) is 2.66. The first-order valence-corrected chi connectivity index (χ1v) is 13.6. The number of thiazole rings is 1. The summed E-state index contributed by atoms with van der Waals surface area (Å²) in [7, 11) is -3.68. The van der Waals surface area contributed by atoms with E-state index in [0.717, 1.165) is 19.0 Å². The molecule has 35 heavy (non-hydrogen) atoms. The van der Waals surface area contributed by atoms with Crippen molar-refractivity contribution in [2.24, 2.45) is 11.7 Å². The Hall–Kier alpha value is -2.90. The summed E-state index contributed by atoms with van der Waals surface area (Å²) in [5.41, 5.74) is 5.86. The third kappa shape index (κ3) is 4.80. The number of hydrogen-bond acceptors (Lipinski definition) is 8. The zero-order chi connectivity index (χ0) is 24.7. The van der Waals surface area contributed by atoms with Gasteiger partial charge in [0.1, 0.15) is 6.04 Å². The highest BCUT2D eigenvalue weighted by molar-refractivity contribution is 7.92. The van der Waals surface area contributed by atoms with Gasteiger partial charge in [-0.15, -0.1) is 0 Å². The van der Waals surface area contributed by atoms with Crippen LogP contribution in [0, 0.1) is 11.0 Å². The van der Waals surface area contributed by atoms with Crippen molar-refractivity contribution in [1.82, 2.24) is 14.8 Å². The number of primary amides is 1. The van der Waals surface area contributed by atoms with Crippen LogP contribution in [0.2, 0.25) is 0 Å². The van der Waals surface area contributed by atoms with E-state index in [0.29, 0.717) is 54.7 Å². The van der Waals surface area contributed by atoms with Crippen LogP contribution in [0.15, 0.2) is 29.4 Å². The molecule has 1 aromatic carbocycles. The Kier molecular flexibility index (Phi) is 6.32. The van der Waals surface area contributed by atoms with Crippen molar-refractivity contribution < 1.29 is 27.1 Å². The average molecular weight is 522 g/mol. The molecule has 0 spiro atoms. The van der Waals surface area contributed by atoms with E-state index in [-0.39, 0.29) is 21.5 Å². The molecule has 3 N–H and O–H groups in total. The molecule has 5 rings (SSSR count). The lowest BCUT2D eigenvalue weighted by atomic mass is 9.92. The number of amides is 2. The number of halogens is 1. The van der Waals surface area contributed by atoms with Crippen LogP contribution in [0.4, 0.5) is 9.52 Å². The van der Waals surface area contributed by atoms with Crippen LogP contribution in [0.5, 0.6) is 0 Å². The predicted molar refractivity (Wildman–Crippen MR) is 126 cm³/mol. The summed E-state index contributed by atoms with van der Waals surface area (Å²) in [5.74, 6) is -1.09. The molecule has 1 aliphatic carbocycles. The molecule has 0 unspecified atom stereocenters. The number of rotatable bonds is 8. The summed E-state index contributed by atoms with van der Waals surface area (Å²) in [6.07, 6.45) is 5.43. The Balaban J connectivity index is 1.60. The first-order valence-electron chi connectivity index (χ1n) is 11.3. The van der Waals surface area contributed by atoms with Gasteiger partial charge in [0.2, 0.25) is 5.91 Å². The zero-order valence-electron chi connectivity index (χ0n) is 18.6. The lowest BCUT2D eigenvalue weighted by molar-refractivity contribution is -0.120. The van der Waals surface area contributed by atoms with Crippen LogP contribution >= 0.6 is 11.3 Å². The number of aromatic nitrogens is 3. The van der Waals surface area contributed by atoms with Gasteiger partial charge < -0.3 is 15.8 Å². The van der Waals surface area contributed by atoms with Gasteiger partial charge in [0, 0.05) is 24.2 Å². The van der Waals surface area contributed by atoms with E-state index in [1.165, 1.54) is 23.0 Å². The topological polar surface area (TPSA) is 146 Å². The van der Waals surface area contributed by atoms with E-state index in [1.807, 2.05) is 0 Å². The molecule has 2 fully saturated rings. The molecule has 186 valence electrons. The normalized spacial score (nSPS) is 18.0. The maximum atomic E-state index is 13.5. The number of carbonyl (C=O) groups excluding carboxylic acids is 2. The van der Waals surface area contributed by atoms with Crippen LogP contribution < -0.4 is 11.1 Å². The number of benzene rings is 1. The van der Waals surface area contributed by atoms with Crippen molar-refractivity contribution in [3.8, 4) is 0 Å². The second kappa shape index (κ2) is 9.28. The number of anilines is 1. The van der Waals surface area contributed by atoms with Gasteiger partial charge in [0.05, 0.1) is 28.1 Å². The van der Waals surface area contributed by atoms with Gasteiger partial charge in [0.15, 0.2) is 20.1 Å². The maximum Gasteiger partial charge on any atom is 0.251 e. The number of hydrogen-bond donors (Lipinski definition) is 2. The summed E-state index contributed by atoms with van der Waals surface area (Å²) < 4.78 is 46.6. The summed E-state index contributed by atoms with van der Waals surface area (Å²) in [6.45, 7) is 1.15. The molecular formula is C22H24FN5O5S2. The van der Waals surface area contributed by atoms with Gasteiger partial charge in [-0.3, -0.25) is 14.3 Å². The van der Waals surface area contributed by atoms with E-state index in [4.69, 9.17) is 10.5 Å². The number of carbonyl (C=O) groups is 2. The number of ether oxygens (including phenoxy) is 1. The van der Waals surface area contributed by atoms with Gasteiger partial charge in [-0.2, -0.15) is 9.49 Å². The number of fused-ring (bicyclic) bond motifs is 1. The van der Waals surface area contributed by atoms with Crippen LogP contribution in [0.3, 0.4) is 0 Å². The molecular weight excluding hydrogens is 497 g/mol. The largest absolute Gasteiger partial charge is 0.381 e. The molecule has 2 aliphatic rings. The molecule has 10 nitrogen and oxygen atoms in total. The number of nitrogens with zero attached hydrogens (tertiary/aromatic N) is 3. The molecule has 2 aromatic heterocycles. The molecule has 2 amide bonds. The number of nitrogens with two attached hydrogens (primary N) is 1. The standard InChI is InChI=1S/C22H24FN5O5S2/c23-19-11-25-22(34-19)27-21(30)17(7-12-3-5-33-6-4-12)28-16-8-13(20(24)29)9-18(15(16)10-26-28)35(31,32)14-1-2-14/h8-12,14,17H,1-7H2,(H2,24,29)(H,25,27,30)/t17-/m0/s1. The van der Waals surface area contributed by atoms with Crippen molar-refractivity contribution >= 4 is 49.0 Å². The average Bonchev–Trinajstić information content (AvgIpc) is 3.51. The van der Waals surface area contributed by atoms with Gasteiger partial charge in [-0.25, -0.2) is 13.4 Å².